The summed E-state index contributed by atoms with van der Waals surface area (Å²) in [5.74, 6) is 0. The predicted octanol–water partition coefficient (Wildman–Crippen LogP) is 14.8. The van der Waals surface area contributed by atoms with E-state index in [0.717, 1.165) is 5.69 Å². The summed E-state index contributed by atoms with van der Waals surface area (Å²) in [7, 11) is -2.82. The minimum atomic E-state index is -2.82. The maximum atomic E-state index is 2.69. The van der Waals surface area contributed by atoms with Gasteiger partial charge in [-0.25, -0.2) is 0 Å². The third-order valence-electron chi connectivity index (χ3n) is 20.8. The molecule has 12 aromatic carbocycles. The molecule has 14 aromatic rings. The van der Waals surface area contributed by atoms with Gasteiger partial charge >= 0.3 is 0 Å². The molecule has 0 amide bonds. The lowest BCUT2D eigenvalue weighted by Gasteiger charge is -2.45. The van der Waals surface area contributed by atoms with Gasteiger partial charge in [0.2, 0.25) is 13.4 Å². The summed E-state index contributed by atoms with van der Waals surface area (Å²) in [6, 6.07) is 96.6. The zero-order valence-corrected chi connectivity index (χ0v) is 56.2. The molecule has 0 fully saturated rings. The lowest BCUT2D eigenvalue weighted by molar-refractivity contribution is 0.590. The van der Waals surface area contributed by atoms with Crippen molar-refractivity contribution in [3.05, 3.63) is 293 Å². The van der Waals surface area contributed by atoms with E-state index >= 15 is 0 Å². The van der Waals surface area contributed by atoms with E-state index in [-0.39, 0.29) is 24.3 Å². The van der Waals surface area contributed by atoms with Gasteiger partial charge in [-0.2, -0.15) is 0 Å². The van der Waals surface area contributed by atoms with Crippen LogP contribution in [0, 0.1) is 41.5 Å². The average molecular weight is 1200 g/mol. The summed E-state index contributed by atoms with van der Waals surface area (Å²) in [6.45, 7) is 28.0. The maximum absolute atomic E-state index is 2.82. The summed E-state index contributed by atoms with van der Waals surface area (Å²) >= 11 is 0. The van der Waals surface area contributed by atoms with Gasteiger partial charge in [-0.3, -0.25) is 0 Å². The Labute approximate surface area is 544 Å². The van der Waals surface area contributed by atoms with Crippen LogP contribution in [0.3, 0.4) is 0 Å². The number of nitrogens with zero attached hydrogens (tertiary/aromatic N) is 3. The lowest BCUT2D eigenvalue weighted by Crippen LogP contribution is -2.74. The largest absolute Gasteiger partial charge is 0.313 e. The molecule has 3 nitrogen and oxygen atoms in total. The fourth-order valence-corrected chi connectivity index (χ4v) is 21.7. The molecule has 0 spiro atoms. The molecule has 0 unspecified atom stereocenters. The van der Waals surface area contributed by atoms with E-state index in [4.69, 9.17) is 0 Å². The van der Waals surface area contributed by atoms with Gasteiger partial charge in [-0.05, 0) is 155 Å². The van der Waals surface area contributed by atoms with Gasteiger partial charge in [0.25, 0.3) is 0 Å². The molecule has 4 heterocycles. The summed E-state index contributed by atoms with van der Waals surface area (Å²) in [5.41, 5.74) is 29.4. The van der Waals surface area contributed by atoms with Crippen molar-refractivity contribution in [3.8, 4) is 11.4 Å². The van der Waals surface area contributed by atoms with E-state index < -0.39 is 8.07 Å². The van der Waals surface area contributed by atoms with Crippen LogP contribution in [0.5, 0.6) is 0 Å². The highest BCUT2D eigenvalue weighted by molar-refractivity contribution is 7.20. The zero-order valence-electron chi connectivity index (χ0n) is 55.2. The van der Waals surface area contributed by atoms with Crippen LogP contribution in [-0.4, -0.2) is 30.6 Å². The second-order valence-corrected chi connectivity index (χ2v) is 32.6. The Morgan fingerprint density at radius 3 is 1.07 bits per heavy atom. The quantitative estimate of drug-likeness (QED) is 0.109. The number of fused-ring (bicyclic) bond motifs is 11. The Hall–Kier alpha value is -9.61. The van der Waals surface area contributed by atoms with Crippen LogP contribution in [0.25, 0.3) is 55.0 Å². The van der Waals surface area contributed by atoms with E-state index in [9.17, 15) is 0 Å². The third kappa shape index (κ3) is 8.69. The Balaban J connectivity index is 1.04. The van der Waals surface area contributed by atoms with Crippen LogP contribution >= 0.6 is 0 Å². The van der Waals surface area contributed by atoms with Crippen LogP contribution < -0.4 is 58.4 Å². The van der Waals surface area contributed by atoms with Gasteiger partial charge < -0.3 is 14.0 Å². The molecule has 92 heavy (non-hydrogen) atoms. The van der Waals surface area contributed by atoms with Crippen molar-refractivity contribution in [1.82, 2.24) is 9.13 Å². The summed E-state index contributed by atoms with van der Waals surface area (Å²) in [4.78, 5) is 2.69. The maximum Gasteiger partial charge on any atom is 0.247 e. The average Bonchev–Trinajstić information content (AvgIpc) is 1.10. The number of para-hydroxylation sites is 2. The van der Waals surface area contributed by atoms with E-state index in [1.54, 1.807) is 0 Å². The highest BCUT2D eigenvalue weighted by Gasteiger charge is 2.47. The van der Waals surface area contributed by atoms with E-state index in [2.05, 4.69) is 346 Å². The molecule has 2 aromatic heterocycles. The van der Waals surface area contributed by atoms with Gasteiger partial charge in [0.05, 0.1) is 22.1 Å². The highest BCUT2D eigenvalue weighted by atomic mass is 28.3. The second-order valence-electron chi connectivity index (χ2n) is 28.8. The first-order chi connectivity index (χ1) is 44.4. The smallest absolute Gasteiger partial charge is 0.247 e. The number of aromatic nitrogens is 2. The summed E-state index contributed by atoms with van der Waals surface area (Å²) in [5, 5.41) is 10.4. The molecule has 0 atom stereocenters. The molecule has 446 valence electrons. The number of rotatable bonds is 8. The fourth-order valence-electron chi connectivity index (χ4n) is 17.0. The van der Waals surface area contributed by atoms with E-state index in [1.165, 1.54) is 164 Å². The Morgan fingerprint density at radius 2 is 0.674 bits per heavy atom. The minimum absolute atomic E-state index is 0.0782. The monoisotopic (exact) mass is 1200 g/mol. The number of anilines is 3. The van der Waals surface area contributed by atoms with Gasteiger partial charge in [0.1, 0.15) is 0 Å². The van der Waals surface area contributed by atoms with Crippen LogP contribution in [0.4, 0.5) is 17.1 Å². The van der Waals surface area contributed by atoms with Crippen molar-refractivity contribution in [3.63, 3.8) is 0 Å². The third-order valence-corrected chi connectivity index (χ3v) is 25.6. The van der Waals surface area contributed by atoms with Crippen LogP contribution in [0.2, 0.25) is 0 Å². The molecule has 16 rings (SSSR count). The summed E-state index contributed by atoms with van der Waals surface area (Å²) < 4.78 is 5.27. The second kappa shape index (κ2) is 21.2. The van der Waals surface area contributed by atoms with Crippen molar-refractivity contribution in [2.75, 3.05) is 4.90 Å². The standard InChI is InChI=1S/C86H77B2N3Si/c1-54-46-56(3)80(57(4)47-54)87-72-50-60(85(7,8)9)36-44-78(72)91-79-45-37-61(86(10,11)12)51-73(79)88(81-58(5)48-55(2)49-59(81)6)75-53-63(52-74(87)84(75)91)90-77-35-25-23-33-69(77)71-43-42-70-68-32-22-24-34-76(68)89(82(70)83(71)90)62-38-40-67(41-39-62)92(64-26-16-13-17-27-64,65-28-18-14-19-29-65)66-30-20-15-21-31-66/h13-53H,1-12H3. The Bertz CT molecular complexity index is 5020. The molecule has 0 aliphatic carbocycles. The van der Waals surface area contributed by atoms with Gasteiger partial charge in [0.15, 0.2) is 8.07 Å². The molecule has 0 saturated heterocycles. The molecule has 0 saturated carbocycles. The van der Waals surface area contributed by atoms with Crippen LogP contribution in [0.15, 0.2) is 249 Å². The SMILES string of the molecule is Cc1cc(C)c(B2c3cc(C(C)(C)C)ccc3N3c4ccc(C(C)(C)C)cc4B(c4c(C)cc(C)cc4C)c4cc(-n5c6ccccc6c6ccc7c8ccccc8n(-c8ccc([Si](c9ccccc9)(c9ccccc9)c9ccccc9)cc8)c7c65)cc2c43)c(C)c1. The lowest BCUT2D eigenvalue weighted by atomic mass is 9.29. The molecule has 0 radical (unpaired) electrons. The predicted molar refractivity (Wildman–Crippen MR) is 401 cm³/mol. The molecule has 0 bridgehead atoms. The number of hydrogen-bond donors (Lipinski definition) is 0. The first-order valence-electron chi connectivity index (χ1n) is 33.1. The first-order valence-corrected chi connectivity index (χ1v) is 35.1. The van der Waals surface area contributed by atoms with Crippen LogP contribution in [-0.2, 0) is 10.8 Å². The Morgan fingerprint density at radius 1 is 0.315 bits per heavy atom. The van der Waals surface area contributed by atoms with E-state index in [1.807, 2.05) is 0 Å². The molecule has 2 aliphatic heterocycles. The molecule has 2 aliphatic rings. The van der Waals surface area contributed by atoms with Crippen molar-refractivity contribution in [2.45, 2.75) is 93.9 Å². The normalized spacial score (nSPS) is 13.2. The van der Waals surface area contributed by atoms with Crippen molar-refractivity contribution < 1.29 is 0 Å². The molecule has 6 heteroatoms. The van der Waals surface area contributed by atoms with Gasteiger partial charge in [-0.1, -0.05) is 286 Å². The fraction of sp³-hybridized carbons (Fsp3) is 0.163. The van der Waals surface area contributed by atoms with Crippen molar-refractivity contribution in [2.24, 2.45) is 0 Å². The number of aryl methyl sites for hydroxylation is 6. The first kappa shape index (κ1) is 57.5. The Kier molecular flexibility index (Phi) is 13.3. The minimum Gasteiger partial charge on any atom is -0.313 e. The number of benzene rings is 12. The van der Waals surface area contributed by atoms with Crippen molar-refractivity contribution in [1.29, 1.82) is 0 Å². The summed E-state index contributed by atoms with van der Waals surface area (Å²) in [6.07, 6.45) is 0. The van der Waals surface area contributed by atoms with Gasteiger partial charge in [0, 0.05) is 50.0 Å². The van der Waals surface area contributed by atoms with Crippen molar-refractivity contribution >= 4 is 136 Å². The highest BCUT2D eigenvalue weighted by Crippen LogP contribution is 2.45. The molecule has 0 N–H and O–H groups in total. The van der Waals surface area contributed by atoms with Gasteiger partial charge in [-0.15, -0.1) is 0 Å². The molecular weight excluding hydrogens is 1120 g/mol. The zero-order chi connectivity index (χ0) is 63.3. The van der Waals surface area contributed by atoms with Crippen LogP contribution in [0.1, 0.15) is 86.1 Å². The topological polar surface area (TPSA) is 13.1 Å². The number of hydrogen-bond acceptors (Lipinski definition) is 1. The van der Waals surface area contributed by atoms with E-state index in [0.29, 0.717) is 0 Å². The molecular formula is C86H77B2N3Si.